The highest BCUT2D eigenvalue weighted by atomic mass is 32.1. The molecule has 1 aromatic heterocycles. The summed E-state index contributed by atoms with van der Waals surface area (Å²) in [5.41, 5.74) is 3.00. The van der Waals surface area contributed by atoms with Crippen molar-refractivity contribution in [2.45, 2.75) is 51.1 Å². The van der Waals surface area contributed by atoms with Gasteiger partial charge < -0.3 is 9.84 Å². The van der Waals surface area contributed by atoms with Crippen LogP contribution < -0.4 is 4.74 Å². The second kappa shape index (κ2) is 9.55. The number of carbonyl (C=O) groups is 1. The average molecular weight is 476 g/mol. The molecule has 174 valence electrons. The van der Waals surface area contributed by atoms with E-state index in [1.807, 2.05) is 25.1 Å². The van der Waals surface area contributed by atoms with Crippen molar-refractivity contribution in [3.8, 4) is 16.3 Å². The van der Waals surface area contributed by atoms with Crippen molar-refractivity contribution in [1.82, 2.24) is 4.98 Å². The molecule has 8 heteroatoms. The van der Waals surface area contributed by atoms with Crippen molar-refractivity contribution < 1.29 is 27.8 Å². The summed E-state index contributed by atoms with van der Waals surface area (Å²) in [5.74, 6) is 0.0406. The van der Waals surface area contributed by atoms with Crippen molar-refractivity contribution in [3.63, 3.8) is 0 Å². The molecular formula is C25H24F3NO3S. The highest BCUT2D eigenvalue weighted by Crippen LogP contribution is 2.39. The normalized spacial score (nSPS) is 15.8. The number of hydrogen-bond acceptors (Lipinski definition) is 4. The van der Waals surface area contributed by atoms with Crippen LogP contribution in [0.3, 0.4) is 0 Å². The predicted molar refractivity (Wildman–Crippen MR) is 121 cm³/mol. The monoisotopic (exact) mass is 475 g/mol. The third-order valence-electron chi connectivity index (χ3n) is 5.90. The van der Waals surface area contributed by atoms with Crippen LogP contribution in [0.5, 0.6) is 5.75 Å². The smallest absolute Gasteiger partial charge is 0.416 e. The quantitative estimate of drug-likeness (QED) is 0.415. The number of alkyl halides is 3. The number of aromatic nitrogens is 1. The lowest BCUT2D eigenvalue weighted by Crippen LogP contribution is -2.16. The topological polar surface area (TPSA) is 59.4 Å². The van der Waals surface area contributed by atoms with Crippen LogP contribution in [0.2, 0.25) is 0 Å². The molecule has 1 heterocycles. The van der Waals surface area contributed by atoms with Gasteiger partial charge in [-0.25, -0.2) is 4.98 Å². The van der Waals surface area contributed by atoms with E-state index < -0.39 is 17.7 Å². The molecule has 4 nitrogen and oxygen atoms in total. The van der Waals surface area contributed by atoms with Gasteiger partial charge in [-0.05, 0) is 68.0 Å². The molecule has 1 atom stereocenters. The van der Waals surface area contributed by atoms with E-state index in [0.717, 1.165) is 59.0 Å². The Morgan fingerprint density at radius 1 is 1.21 bits per heavy atom. The van der Waals surface area contributed by atoms with Gasteiger partial charge in [-0.1, -0.05) is 18.2 Å². The Morgan fingerprint density at radius 3 is 2.64 bits per heavy atom. The van der Waals surface area contributed by atoms with Gasteiger partial charge in [0.2, 0.25) is 0 Å². The number of carboxylic acid groups (broad SMARTS) is 1. The minimum atomic E-state index is -4.35. The van der Waals surface area contributed by atoms with Crippen molar-refractivity contribution in [2.24, 2.45) is 0 Å². The summed E-state index contributed by atoms with van der Waals surface area (Å²) in [6.07, 6.45) is -0.894. The summed E-state index contributed by atoms with van der Waals surface area (Å²) in [7, 11) is 0. The van der Waals surface area contributed by atoms with Gasteiger partial charge in [-0.3, -0.25) is 4.79 Å². The summed E-state index contributed by atoms with van der Waals surface area (Å²) in [6.45, 7) is 2.41. The molecule has 33 heavy (non-hydrogen) atoms. The van der Waals surface area contributed by atoms with E-state index in [2.05, 4.69) is 0 Å². The Morgan fingerprint density at radius 2 is 1.97 bits per heavy atom. The Kier molecular flexibility index (Phi) is 6.74. The van der Waals surface area contributed by atoms with E-state index in [1.54, 1.807) is 11.3 Å². The van der Waals surface area contributed by atoms with E-state index in [4.69, 9.17) is 14.8 Å². The summed E-state index contributed by atoms with van der Waals surface area (Å²) >= 11 is 1.54. The molecule has 0 aliphatic heterocycles. The number of hydrogen-bond donors (Lipinski definition) is 1. The summed E-state index contributed by atoms with van der Waals surface area (Å²) in [5, 5.41) is 9.61. The van der Waals surface area contributed by atoms with Gasteiger partial charge in [-0.15, -0.1) is 11.3 Å². The molecule has 0 fully saturated rings. The molecular weight excluding hydrogens is 451 g/mol. The first-order valence-electron chi connectivity index (χ1n) is 10.8. The molecule has 0 amide bonds. The Bertz CT molecular complexity index is 1140. The number of halogens is 3. The number of aliphatic carboxylic acids is 1. The van der Waals surface area contributed by atoms with Crippen LogP contribution in [-0.2, 0) is 23.8 Å². The molecule has 1 aliphatic rings. The van der Waals surface area contributed by atoms with Gasteiger partial charge in [0.15, 0.2) is 0 Å². The first kappa shape index (κ1) is 23.3. The zero-order valence-electron chi connectivity index (χ0n) is 18.1. The first-order chi connectivity index (χ1) is 15.7. The lowest BCUT2D eigenvalue weighted by molar-refractivity contribution is -0.138. The van der Waals surface area contributed by atoms with Gasteiger partial charge in [0, 0.05) is 22.8 Å². The van der Waals surface area contributed by atoms with E-state index in [1.165, 1.54) is 17.0 Å². The first-order valence-corrected chi connectivity index (χ1v) is 11.6. The third-order valence-corrected chi connectivity index (χ3v) is 7.08. The van der Waals surface area contributed by atoms with Gasteiger partial charge in [0.1, 0.15) is 10.8 Å². The third kappa shape index (κ3) is 5.55. The highest BCUT2D eigenvalue weighted by molar-refractivity contribution is 7.15. The second-order valence-electron chi connectivity index (χ2n) is 8.28. The number of benzene rings is 2. The van der Waals surface area contributed by atoms with Crippen LogP contribution >= 0.6 is 11.3 Å². The number of nitrogens with zero attached hydrogens (tertiary/aromatic N) is 1. The largest absolute Gasteiger partial charge is 0.493 e. The second-order valence-corrected chi connectivity index (χ2v) is 9.37. The molecule has 1 aliphatic carbocycles. The van der Waals surface area contributed by atoms with Gasteiger partial charge in [-0.2, -0.15) is 13.2 Å². The van der Waals surface area contributed by atoms with Gasteiger partial charge >= 0.3 is 12.1 Å². The Hall–Kier alpha value is -2.87. The molecule has 2 aromatic carbocycles. The van der Waals surface area contributed by atoms with Crippen LogP contribution in [0, 0.1) is 6.92 Å². The lowest BCUT2D eigenvalue weighted by atomic mass is 9.92. The number of fused-ring (bicyclic) bond motifs is 1. The van der Waals surface area contributed by atoms with Crippen LogP contribution in [-0.4, -0.2) is 22.7 Å². The molecule has 1 N–H and O–H groups in total. The van der Waals surface area contributed by atoms with E-state index in [-0.39, 0.29) is 12.3 Å². The molecule has 1 unspecified atom stereocenters. The standard InChI is InChI=1S/C25H24F3NO3S/c1-15-13-20(11-7-16(15)8-12-22(30)31)32-14-18-3-2-4-21-23(18)29-24(33-21)17-5-9-19(10-6-17)25(26,27)28/h5-7,9-11,13,18H,2-4,8,12,14H2,1H3,(H,30,31). The summed E-state index contributed by atoms with van der Waals surface area (Å²) in [4.78, 5) is 16.8. The minimum absolute atomic E-state index is 0.0942. The maximum Gasteiger partial charge on any atom is 0.416 e. The minimum Gasteiger partial charge on any atom is -0.493 e. The molecule has 0 radical (unpaired) electrons. The average Bonchev–Trinajstić information content (AvgIpc) is 3.21. The number of rotatable bonds is 7. The van der Waals surface area contributed by atoms with Crippen molar-refractivity contribution >= 4 is 17.3 Å². The molecule has 0 bridgehead atoms. The van der Waals surface area contributed by atoms with E-state index in [9.17, 15) is 18.0 Å². The maximum atomic E-state index is 12.9. The van der Waals surface area contributed by atoms with Crippen LogP contribution in [0.15, 0.2) is 42.5 Å². The molecule has 4 rings (SSSR count). The number of aryl methyl sites for hydroxylation is 3. The fraction of sp³-hybridized carbons (Fsp3) is 0.360. The molecule has 0 saturated heterocycles. The van der Waals surface area contributed by atoms with Gasteiger partial charge in [0.25, 0.3) is 0 Å². The lowest BCUT2D eigenvalue weighted by Gasteiger charge is -2.21. The number of thiazole rings is 1. The Balaban J connectivity index is 1.45. The molecule has 3 aromatic rings. The summed E-state index contributed by atoms with van der Waals surface area (Å²) in [6, 6.07) is 10.8. The SMILES string of the molecule is Cc1cc(OCC2CCCc3sc(-c4ccc(C(F)(F)F)cc4)nc32)ccc1CCC(=O)O. The van der Waals surface area contributed by atoms with Crippen LogP contribution in [0.1, 0.15) is 52.4 Å². The van der Waals surface area contributed by atoms with Crippen molar-refractivity contribution in [1.29, 1.82) is 0 Å². The Labute approximate surface area is 194 Å². The van der Waals surface area contributed by atoms with Crippen LogP contribution in [0.4, 0.5) is 13.2 Å². The fourth-order valence-electron chi connectivity index (χ4n) is 4.07. The highest BCUT2D eigenvalue weighted by Gasteiger charge is 2.30. The maximum absolute atomic E-state index is 12.9. The molecule has 0 saturated carbocycles. The zero-order chi connectivity index (χ0) is 23.6. The predicted octanol–water partition coefficient (Wildman–Crippen LogP) is 6.65. The zero-order valence-corrected chi connectivity index (χ0v) is 18.9. The van der Waals surface area contributed by atoms with E-state index in [0.29, 0.717) is 18.6 Å². The fourth-order valence-corrected chi connectivity index (χ4v) is 5.27. The van der Waals surface area contributed by atoms with Gasteiger partial charge in [0.05, 0.1) is 17.9 Å². The van der Waals surface area contributed by atoms with Crippen molar-refractivity contribution in [3.05, 3.63) is 69.7 Å². The number of ether oxygens (including phenoxy) is 1. The van der Waals surface area contributed by atoms with Crippen molar-refractivity contribution in [2.75, 3.05) is 6.61 Å². The van der Waals surface area contributed by atoms with E-state index >= 15 is 0 Å². The molecule has 0 spiro atoms. The van der Waals surface area contributed by atoms with Crippen LogP contribution in [0.25, 0.3) is 10.6 Å². The summed E-state index contributed by atoms with van der Waals surface area (Å²) < 4.78 is 44.6. The number of carboxylic acids is 1.